The molecule has 1 aliphatic rings. The molecule has 0 radical (unpaired) electrons. The minimum atomic E-state index is -1.22. The maximum atomic E-state index is 13.4. The summed E-state index contributed by atoms with van der Waals surface area (Å²) in [4.78, 5) is 29.9. The molecule has 0 bridgehead atoms. The molecule has 0 aliphatic heterocycles. The van der Waals surface area contributed by atoms with Crippen molar-refractivity contribution in [1.82, 2.24) is 4.98 Å². The number of carboxylic acid groups (broad SMARTS) is 1. The summed E-state index contributed by atoms with van der Waals surface area (Å²) in [5.74, 6) is -1.90. The van der Waals surface area contributed by atoms with E-state index in [0.29, 0.717) is 28.3 Å². The van der Waals surface area contributed by atoms with E-state index in [0.717, 1.165) is 22.1 Å². The molecule has 0 saturated carbocycles. The SMILES string of the molecule is CC(C)(C)c1cc(COc2cccc3ccc(C4C(=O)c5c(C(=O)O)cccc5C4O)nc23)cc(C(C)(C)C)c1O. The number of carbonyl (C=O) groups is 2. The molecule has 0 saturated heterocycles. The highest BCUT2D eigenvalue weighted by atomic mass is 16.5. The number of phenolic OH excluding ortho intramolecular Hbond substituents is 1. The van der Waals surface area contributed by atoms with Crippen molar-refractivity contribution in [2.45, 2.75) is 71.0 Å². The number of fused-ring (bicyclic) bond motifs is 2. The predicted molar refractivity (Wildman–Crippen MR) is 157 cm³/mol. The van der Waals surface area contributed by atoms with Crippen LogP contribution in [0.2, 0.25) is 0 Å². The lowest BCUT2D eigenvalue weighted by molar-refractivity contribution is 0.0691. The molecule has 0 spiro atoms. The van der Waals surface area contributed by atoms with Crippen LogP contribution < -0.4 is 4.74 Å². The average molecular weight is 554 g/mol. The highest BCUT2D eigenvalue weighted by molar-refractivity contribution is 6.12. The maximum absolute atomic E-state index is 13.4. The summed E-state index contributed by atoms with van der Waals surface area (Å²) in [5.41, 5.74) is 3.11. The largest absolute Gasteiger partial charge is 0.507 e. The number of carboxylic acids is 1. The van der Waals surface area contributed by atoms with E-state index < -0.39 is 23.8 Å². The van der Waals surface area contributed by atoms with Crippen LogP contribution in [0.4, 0.5) is 0 Å². The van der Waals surface area contributed by atoms with Crippen LogP contribution in [0.15, 0.2) is 60.7 Å². The van der Waals surface area contributed by atoms with Crippen LogP contribution in [0.1, 0.15) is 102 Å². The summed E-state index contributed by atoms with van der Waals surface area (Å²) < 4.78 is 6.29. The fraction of sp³-hybridized carbons (Fsp3) is 0.324. The zero-order chi connectivity index (χ0) is 29.9. The van der Waals surface area contributed by atoms with Gasteiger partial charge in [-0.25, -0.2) is 9.78 Å². The maximum Gasteiger partial charge on any atom is 0.336 e. The van der Waals surface area contributed by atoms with Crippen LogP contribution in [-0.2, 0) is 17.4 Å². The number of aromatic nitrogens is 1. The van der Waals surface area contributed by atoms with Gasteiger partial charge in [-0.1, -0.05) is 71.9 Å². The van der Waals surface area contributed by atoms with E-state index in [4.69, 9.17) is 9.72 Å². The van der Waals surface area contributed by atoms with Crippen molar-refractivity contribution >= 4 is 22.7 Å². The van der Waals surface area contributed by atoms with E-state index in [2.05, 4.69) is 41.5 Å². The summed E-state index contributed by atoms with van der Waals surface area (Å²) >= 11 is 0. The lowest BCUT2D eigenvalue weighted by Gasteiger charge is -2.28. The predicted octanol–water partition coefficient (Wildman–Crippen LogP) is 6.83. The Bertz CT molecular complexity index is 1660. The summed E-state index contributed by atoms with van der Waals surface area (Å²) in [6.45, 7) is 12.6. The van der Waals surface area contributed by atoms with Gasteiger partial charge in [0.2, 0.25) is 0 Å². The van der Waals surface area contributed by atoms with Crippen LogP contribution in [0.25, 0.3) is 10.9 Å². The summed E-state index contributed by atoms with van der Waals surface area (Å²) in [6.07, 6.45) is -1.21. The molecule has 2 unspecified atom stereocenters. The van der Waals surface area contributed by atoms with Crippen molar-refractivity contribution in [3.8, 4) is 11.5 Å². The number of para-hydroxylation sites is 1. The number of aromatic hydroxyl groups is 1. The number of aliphatic hydroxyl groups is 1. The topological polar surface area (TPSA) is 117 Å². The lowest BCUT2D eigenvalue weighted by atomic mass is 9.78. The fourth-order valence-electron chi connectivity index (χ4n) is 5.55. The number of Topliss-reactive ketones (excluding diaryl/α,β-unsaturated/α-hetero) is 1. The number of hydrogen-bond donors (Lipinski definition) is 3. The molecule has 3 aromatic carbocycles. The Morgan fingerprint density at radius 3 is 2.17 bits per heavy atom. The molecule has 7 heteroatoms. The Labute approximate surface area is 239 Å². The van der Waals surface area contributed by atoms with E-state index in [9.17, 15) is 24.9 Å². The molecular formula is C34H35NO6. The Morgan fingerprint density at radius 1 is 0.927 bits per heavy atom. The van der Waals surface area contributed by atoms with Crippen molar-refractivity contribution in [2.75, 3.05) is 0 Å². The Balaban J connectivity index is 1.51. The highest BCUT2D eigenvalue weighted by Gasteiger charge is 2.43. The smallest absolute Gasteiger partial charge is 0.336 e. The summed E-state index contributed by atoms with van der Waals surface area (Å²) in [6, 6.07) is 17.5. The molecule has 1 aliphatic carbocycles. The van der Waals surface area contributed by atoms with Gasteiger partial charge in [-0.2, -0.15) is 0 Å². The van der Waals surface area contributed by atoms with Crippen LogP contribution in [0.3, 0.4) is 0 Å². The fourth-order valence-corrected chi connectivity index (χ4v) is 5.55. The minimum absolute atomic E-state index is 0.0283. The molecule has 0 amide bonds. The zero-order valence-corrected chi connectivity index (χ0v) is 24.1. The Kier molecular flexibility index (Phi) is 6.90. The summed E-state index contributed by atoms with van der Waals surface area (Å²) in [5, 5.41) is 32.5. The number of hydrogen-bond acceptors (Lipinski definition) is 6. The van der Waals surface area contributed by atoms with Gasteiger partial charge in [0.1, 0.15) is 23.6 Å². The first-order valence-electron chi connectivity index (χ1n) is 13.7. The standard InChI is InChI=1S/C34H35NO6/c1-33(2,3)22-15-18(16-23(30(22)37)34(4,5)6)17-41-25-12-7-9-19-13-14-24(35-28(19)25)27-29(36)20-10-8-11-21(32(39)40)26(20)31(27)38/h7-16,27,29,36-37H,17H2,1-6H3,(H,39,40). The third-order valence-electron chi connectivity index (χ3n) is 7.69. The number of benzene rings is 3. The molecule has 212 valence electrons. The first-order valence-corrected chi connectivity index (χ1v) is 13.7. The summed E-state index contributed by atoms with van der Waals surface area (Å²) in [7, 11) is 0. The van der Waals surface area contributed by atoms with Crippen LogP contribution >= 0.6 is 0 Å². The molecule has 1 heterocycles. The Morgan fingerprint density at radius 2 is 1.56 bits per heavy atom. The minimum Gasteiger partial charge on any atom is -0.507 e. The van der Waals surface area contributed by atoms with E-state index >= 15 is 0 Å². The first kappa shape index (κ1) is 28.3. The third-order valence-corrected chi connectivity index (χ3v) is 7.69. The number of rotatable bonds is 5. The second-order valence-electron chi connectivity index (χ2n) is 12.8. The highest BCUT2D eigenvalue weighted by Crippen LogP contribution is 2.44. The van der Waals surface area contributed by atoms with E-state index in [1.165, 1.54) is 12.1 Å². The number of nitrogens with zero attached hydrogens (tertiary/aromatic N) is 1. The number of ketones is 1. The molecular weight excluding hydrogens is 518 g/mol. The van der Waals surface area contributed by atoms with Crippen LogP contribution in [0.5, 0.6) is 11.5 Å². The third kappa shape index (κ3) is 5.06. The van der Waals surface area contributed by atoms with E-state index in [-0.39, 0.29) is 28.6 Å². The van der Waals surface area contributed by atoms with Gasteiger partial charge in [-0.3, -0.25) is 4.79 Å². The van der Waals surface area contributed by atoms with Gasteiger partial charge in [-0.15, -0.1) is 0 Å². The lowest BCUT2D eigenvalue weighted by Crippen LogP contribution is -2.18. The van der Waals surface area contributed by atoms with E-state index in [1.54, 1.807) is 18.2 Å². The van der Waals surface area contributed by atoms with Gasteiger partial charge >= 0.3 is 5.97 Å². The monoisotopic (exact) mass is 553 g/mol. The molecule has 7 nitrogen and oxygen atoms in total. The van der Waals surface area contributed by atoms with Crippen LogP contribution in [0, 0.1) is 0 Å². The quantitative estimate of drug-likeness (QED) is 0.248. The number of carbonyl (C=O) groups excluding carboxylic acids is 1. The molecule has 2 atom stereocenters. The Hall–Kier alpha value is -4.23. The van der Waals surface area contributed by atoms with Crippen molar-refractivity contribution in [3.63, 3.8) is 0 Å². The van der Waals surface area contributed by atoms with Crippen LogP contribution in [-0.4, -0.2) is 32.1 Å². The second kappa shape index (κ2) is 10.00. The van der Waals surface area contributed by atoms with Crippen molar-refractivity contribution in [1.29, 1.82) is 0 Å². The van der Waals surface area contributed by atoms with Gasteiger partial charge in [0.25, 0.3) is 0 Å². The van der Waals surface area contributed by atoms with Crippen molar-refractivity contribution < 1.29 is 29.6 Å². The van der Waals surface area contributed by atoms with Gasteiger partial charge in [0.05, 0.1) is 23.3 Å². The van der Waals surface area contributed by atoms with E-state index in [1.807, 2.05) is 30.3 Å². The van der Waals surface area contributed by atoms with Gasteiger partial charge in [-0.05, 0) is 63.4 Å². The normalized spacial score (nSPS) is 17.1. The molecule has 4 aromatic rings. The van der Waals surface area contributed by atoms with Gasteiger partial charge < -0.3 is 20.1 Å². The zero-order valence-electron chi connectivity index (χ0n) is 24.1. The molecule has 1 aromatic heterocycles. The molecule has 0 fully saturated rings. The average Bonchev–Trinajstić information content (AvgIpc) is 3.16. The number of ether oxygens (including phenoxy) is 1. The van der Waals surface area contributed by atoms with Gasteiger partial charge in [0.15, 0.2) is 5.78 Å². The number of phenols is 1. The molecule has 41 heavy (non-hydrogen) atoms. The second-order valence-corrected chi connectivity index (χ2v) is 12.8. The number of pyridine rings is 1. The molecule has 3 N–H and O–H groups in total. The van der Waals surface area contributed by atoms with Gasteiger partial charge in [0, 0.05) is 10.9 Å². The van der Waals surface area contributed by atoms with Crippen molar-refractivity contribution in [2.24, 2.45) is 0 Å². The number of aromatic carboxylic acids is 1. The first-order chi connectivity index (χ1) is 19.2. The number of aliphatic hydroxyl groups excluding tert-OH is 1. The molecule has 5 rings (SSSR count). The van der Waals surface area contributed by atoms with Crippen molar-refractivity contribution in [3.05, 3.63) is 99.7 Å².